The van der Waals surface area contributed by atoms with Gasteiger partial charge in [0, 0.05) is 6.04 Å². The van der Waals surface area contributed by atoms with Crippen molar-refractivity contribution >= 4 is 0 Å². The summed E-state index contributed by atoms with van der Waals surface area (Å²) in [7, 11) is 0. The Balaban J connectivity index is 1.92. The Morgan fingerprint density at radius 3 is 2.42 bits per heavy atom. The van der Waals surface area contributed by atoms with Crippen molar-refractivity contribution in [2.24, 2.45) is 11.3 Å². The van der Waals surface area contributed by atoms with Gasteiger partial charge in [-0.2, -0.15) is 0 Å². The summed E-state index contributed by atoms with van der Waals surface area (Å²) in [5.74, 6) is 1.01. The predicted molar refractivity (Wildman–Crippen MR) is 52.1 cm³/mol. The summed E-state index contributed by atoms with van der Waals surface area (Å²) in [5.41, 5.74) is 0.682. The van der Waals surface area contributed by atoms with E-state index in [1.165, 1.54) is 32.1 Å². The van der Waals surface area contributed by atoms with Crippen molar-refractivity contribution in [3.8, 4) is 0 Å². The van der Waals surface area contributed by atoms with Gasteiger partial charge in [-0.1, -0.05) is 20.3 Å². The standard InChI is InChI=1S/C11H21N/c1-3-12-10(9-5-4-6-9)11(2)7-8-11/h9-10,12H,3-8H2,1-2H3. The van der Waals surface area contributed by atoms with E-state index >= 15 is 0 Å². The minimum Gasteiger partial charge on any atom is -0.313 e. The molecule has 2 saturated carbocycles. The molecule has 0 amide bonds. The van der Waals surface area contributed by atoms with Gasteiger partial charge in [0.1, 0.15) is 0 Å². The fourth-order valence-electron chi connectivity index (χ4n) is 2.48. The molecule has 0 radical (unpaired) electrons. The molecular weight excluding hydrogens is 146 g/mol. The molecule has 1 unspecified atom stereocenters. The lowest BCUT2D eigenvalue weighted by atomic mass is 9.74. The van der Waals surface area contributed by atoms with Crippen molar-refractivity contribution in [2.75, 3.05) is 6.54 Å². The molecule has 0 aromatic rings. The van der Waals surface area contributed by atoms with Crippen LogP contribution in [0.15, 0.2) is 0 Å². The number of rotatable bonds is 4. The van der Waals surface area contributed by atoms with Gasteiger partial charge < -0.3 is 5.32 Å². The zero-order valence-electron chi connectivity index (χ0n) is 8.40. The Hall–Kier alpha value is -0.0400. The molecule has 1 nitrogen and oxygen atoms in total. The van der Waals surface area contributed by atoms with Crippen LogP contribution < -0.4 is 5.32 Å². The maximum atomic E-state index is 3.69. The van der Waals surface area contributed by atoms with E-state index in [0.29, 0.717) is 5.41 Å². The van der Waals surface area contributed by atoms with Gasteiger partial charge in [-0.05, 0) is 43.6 Å². The summed E-state index contributed by atoms with van der Waals surface area (Å²) in [5, 5.41) is 3.69. The van der Waals surface area contributed by atoms with Gasteiger partial charge in [-0.15, -0.1) is 0 Å². The van der Waals surface area contributed by atoms with Crippen LogP contribution in [-0.4, -0.2) is 12.6 Å². The van der Waals surface area contributed by atoms with Gasteiger partial charge in [-0.25, -0.2) is 0 Å². The van der Waals surface area contributed by atoms with Gasteiger partial charge in [-0.3, -0.25) is 0 Å². The highest BCUT2D eigenvalue weighted by Crippen LogP contribution is 2.53. The van der Waals surface area contributed by atoms with Gasteiger partial charge in [0.25, 0.3) is 0 Å². The largest absolute Gasteiger partial charge is 0.313 e. The van der Waals surface area contributed by atoms with Crippen LogP contribution in [0.5, 0.6) is 0 Å². The van der Waals surface area contributed by atoms with Gasteiger partial charge in [0.2, 0.25) is 0 Å². The third kappa shape index (κ3) is 1.39. The summed E-state index contributed by atoms with van der Waals surface area (Å²) in [6.07, 6.45) is 7.35. The number of hydrogen-bond acceptors (Lipinski definition) is 1. The zero-order chi connectivity index (χ0) is 8.60. The second kappa shape index (κ2) is 3.02. The molecular formula is C11H21N. The van der Waals surface area contributed by atoms with Crippen molar-refractivity contribution in [1.29, 1.82) is 0 Å². The van der Waals surface area contributed by atoms with E-state index < -0.39 is 0 Å². The molecule has 12 heavy (non-hydrogen) atoms. The van der Waals surface area contributed by atoms with E-state index in [2.05, 4.69) is 19.2 Å². The molecule has 2 aliphatic rings. The summed E-state index contributed by atoms with van der Waals surface area (Å²) >= 11 is 0. The Bertz CT molecular complexity index is 156. The van der Waals surface area contributed by atoms with E-state index in [4.69, 9.17) is 0 Å². The van der Waals surface area contributed by atoms with Gasteiger partial charge in [0.05, 0.1) is 0 Å². The first-order valence-corrected chi connectivity index (χ1v) is 5.49. The SMILES string of the molecule is CCNC(C1CCC1)C1(C)CC1. The highest BCUT2D eigenvalue weighted by atomic mass is 15.0. The average molecular weight is 167 g/mol. The number of nitrogens with one attached hydrogen (secondary N) is 1. The molecule has 1 N–H and O–H groups in total. The lowest BCUT2D eigenvalue weighted by Crippen LogP contribution is -2.45. The van der Waals surface area contributed by atoms with Crippen LogP contribution in [0.25, 0.3) is 0 Å². The first-order chi connectivity index (χ1) is 5.76. The molecule has 2 fully saturated rings. The molecule has 0 aromatic heterocycles. The van der Waals surface area contributed by atoms with Crippen LogP contribution in [0.4, 0.5) is 0 Å². The molecule has 1 heteroatoms. The normalized spacial score (nSPS) is 29.5. The Morgan fingerprint density at radius 2 is 2.08 bits per heavy atom. The predicted octanol–water partition coefficient (Wildman–Crippen LogP) is 2.56. The fraction of sp³-hybridized carbons (Fsp3) is 1.00. The lowest BCUT2D eigenvalue weighted by Gasteiger charge is -2.38. The molecule has 0 aliphatic heterocycles. The van der Waals surface area contributed by atoms with Crippen molar-refractivity contribution < 1.29 is 0 Å². The quantitative estimate of drug-likeness (QED) is 0.678. The average Bonchev–Trinajstić information content (AvgIpc) is 2.65. The van der Waals surface area contributed by atoms with E-state index in [1.807, 2.05) is 0 Å². The maximum absolute atomic E-state index is 3.69. The molecule has 70 valence electrons. The summed E-state index contributed by atoms with van der Waals surface area (Å²) in [6, 6.07) is 0.844. The van der Waals surface area contributed by atoms with Crippen molar-refractivity contribution in [2.45, 2.75) is 52.0 Å². The van der Waals surface area contributed by atoms with Crippen LogP contribution in [0.3, 0.4) is 0 Å². The second-order valence-corrected chi connectivity index (χ2v) is 4.88. The maximum Gasteiger partial charge on any atom is 0.0149 e. The molecule has 0 heterocycles. The first-order valence-electron chi connectivity index (χ1n) is 5.49. The lowest BCUT2D eigenvalue weighted by molar-refractivity contribution is 0.171. The minimum atomic E-state index is 0.682. The van der Waals surface area contributed by atoms with Gasteiger partial charge >= 0.3 is 0 Å². The Kier molecular flexibility index (Phi) is 2.16. The molecule has 0 spiro atoms. The van der Waals surface area contributed by atoms with Crippen LogP contribution >= 0.6 is 0 Å². The third-order valence-corrected chi connectivity index (χ3v) is 3.83. The van der Waals surface area contributed by atoms with Crippen molar-refractivity contribution in [3.05, 3.63) is 0 Å². The van der Waals surface area contributed by atoms with E-state index in [0.717, 1.165) is 18.5 Å². The monoisotopic (exact) mass is 167 g/mol. The van der Waals surface area contributed by atoms with Gasteiger partial charge in [0.15, 0.2) is 0 Å². The van der Waals surface area contributed by atoms with Crippen LogP contribution in [0.2, 0.25) is 0 Å². The highest BCUT2D eigenvalue weighted by molar-refractivity contribution is 5.02. The Morgan fingerprint density at radius 1 is 1.42 bits per heavy atom. The third-order valence-electron chi connectivity index (χ3n) is 3.83. The first kappa shape index (κ1) is 8.55. The smallest absolute Gasteiger partial charge is 0.0149 e. The van der Waals surface area contributed by atoms with E-state index in [1.54, 1.807) is 0 Å². The second-order valence-electron chi connectivity index (χ2n) is 4.88. The molecule has 1 atom stereocenters. The molecule has 0 bridgehead atoms. The van der Waals surface area contributed by atoms with Crippen LogP contribution in [-0.2, 0) is 0 Å². The zero-order valence-corrected chi connectivity index (χ0v) is 8.40. The summed E-state index contributed by atoms with van der Waals surface area (Å²) in [6.45, 7) is 5.84. The van der Waals surface area contributed by atoms with E-state index in [9.17, 15) is 0 Å². The van der Waals surface area contributed by atoms with Crippen molar-refractivity contribution in [3.63, 3.8) is 0 Å². The topological polar surface area (TPSA) is 12.0 Å². The van der Waals surface area contributed by atoms with Crippen LogP contribution in [0, 0.1) is 11.3 Å². The summed E-state index contributed by atoms with van der Waals surface area (Å²) < 4.78 is 0. The Labute approximate surface area is 75.9 Å². The molecule has 0 saturated heterocycles. The van der Waals surface area contributed by atoms with E-state index in [-0.39, 0.29) is 0 Å². The minimum absolute atomic E-state index is 0.682. The fourth-order valence-corrected chi connectivity index (χ4v) is 2.48. The highest BCUT2D eigenvalue weighted by Gasteiger charge is 2.48. The molecule has 0 aromatic carbocycles. The number of hydrogen-bond donors (Lipinski definition) is 1. The summed E-state index contributed by atoms with van der Waals surface area (Å²) in [4.78, 5) is 0. The molecule has 2 rings (SSSR count). The molecule has 2 aliphatic carbocycles. The van der Waals surface area contributed by atoms with Crippen molar-refractivity contribution in [1.82, 2.24) is 5.32 Å². The van der Waals surface area contributed by atoms with Crippen LogP contribution in [0.1, 0.15) is 46.0 Å².